The van der Waals surface area contributed by atoms with E-state index in [1.165, 1.54) is 13.8 Å². The van der Waals surface area contributed by atoms with Crippen LogP contribution in [0.4, 0.5) is 5.69 Å². The summed E-state index contributed by atoms with van der Waals surface area (Å²) in [5.74, 6) is -1.65. The lowest BCUT2D eigenvalue weighted by molar-refractivity contribution is -0.154. The molecule has 0 radical (unpaired) electrons. The first kappa shape index (κ1) is 21.4. The highest BCUT2D eigenvalue weighted by atomic mass is 35.5. The van der Waals surface area contributed by atoms with Crippen molar-refractivity contribution in [2.45, 2.75) is 39.8 Å². The van der Waals surface area contributed by atoms with Crippen LogP contribution >= 0.6 is 11.6 Å². The monoisotopic (exact) mass is 406 g/mol. The maximum atomic E-state index is 12.3. The van der Waals surface area contributed by atoms with Crippen molar-refractivity contribution in [2.75, 3.05) is 5.32 Å². The van der Waals surface area contributed by atoms with Gasteiger partial charge in [0, 0.05) is 17.6 Å². The third-order valence-electron chi connectivity index (χ3n) is 4.23. The van der Waals surface area contributed by atoms with Gasteiger partial charge in [0.1, 0.15) is 6.04 Å². The number of amides is 2. The maximum absolute atomic E-state index is 12.3. The zero-order valence-electron chi connectivity index (χ0n) is 16.4. The number of hydrogen-bond donors (Lipinski definition) is 2. The van der Waals surface area contributed by atoms with E-state index in [1.54, 1.807) is 42.9 Å². The lowest BCUT2D eigenvalue weighted by Crippen LogP contribution is -2.42. The molecule has 0 aliphatic carbocycles. The number of halogens is 1. The number of ether oxygens (including phenoxy) is 1. The molecule has 9 heteroatoms. The number of nitrogens with one attached hydrogen (secondary N) is 2. The van der Waals surface area contributed by atoms with Crippen LogP contribution in [0.15, 0.2) is 24.3 Å². The van der Waals surface area contributed by atoms with Crippen LogP contribution in [0, 0.1) is 13.8 Å². The maximum Gasteiger partial charge on any atom is 0.329 e. The fraction of sp³-hybridized carbons (Fsp3) is 0.368. The molecule has 1 aromatic carbocycles. The normalized spacial score (nSPS) is 12.8. The quantitative estimate of drug-likeness (QED) is 0.717. The van der Waals surface area contributed by atoms with Gasteiger partial charge in [0.15, 0.2) is 6.10 Å². The predicted molar refractivity (Wildman–Crippen MR) is 105 cm³/mol. The average molecular weight is 407 g/mol. The van der Waals surface area contributed by atoms with E-state index >= 15 is 0 Å². The number of esters is 1. The van der Waals surface area contributed by atoms with Gasteiger partial charge in [-0.15, -0.1) is 0 Å². The first-order valence-electron chi connectivity index (χ1n) is 8.68. The molecule has 150 valence electrons. The summed E-state index contributed by atoms with van der Waals surface area (Å²) in [6.45, 7) is 6.53. The Balaban J connectivity index is 1.92. The van der Waals surface area contributed by atoms with Crippen molar-refractivity contribution >= 4 is 35.1 Å². The van der Waals surface area contributed by atoms with E-state index in [9.17, 15) is 14.4 Å². The number of nitrogens with zero attached hydrogens (tertiary/aromatic N) is 2. The van der Waals surface area contributed by atoms with Gasteiger partial charge >= 0.3 is 5.97 Å². The van der Waals surface area contributed by atoms with Crippen molar-refractivity contribution in [3.05, 3.63) is 46.2 Å². The molecule has 1 aromatic heterocycles. The fourth-order valence-corrected chi connectivity index (χ4v) is 2.58. The Morgan fingerprint density at radius 2 is 1.75 bits per heavy atom. The molecule has 2 rings (SSSR count). The number of aromatic nitrogens is 2. The van der Waals surface area contributed by atoms with Crippen LogP contribution in [0.5, 0.6) is 0 Å². The summed E-state index contributed by atoms with van der Waals surface area (Å²) < 4.78 is 6.82. The van der Waals surface area contributed by atoms with Crippen LogP contribution in [-0.4, -0.2) is 39.7 Å². The minimum absolute atomic E-state index is 0.359. The smallest absolute Gasteiger partial charge is 0.329 e. The van der Waals surface area contributed by atoms with Gasteiger partial charge in [-0.05, 0) is 52.0 Å². The Morgan fingerprint density at radius 1 is 1.14 bits per heavy atom. The molecule has 0 spiro atoms. The van der Waals surface area contributed by atoms with Crippen molar-refractivity contribution in [3.63, 3.8) is 0 Å². The highest BCUT2D eigenvalue weighted by Crippen LogP contribution is 2.18. The molecule has 0 unspecified atom stereocenters. The molecule has 1 heterocycles. The number of aryl methyl sites for hydroxylation is 2. The first-order chi connectivity index (χ1) is 13.1. The van der Waals surface area contributed by atoms with Crippen LogP contribution in [-0.2, 0) is 21.4 Å². The molecule has 0 bridgehead atoms. The molecule has 2 aromatic rings. The van der Waals surface area contributed by atoms with Crippen molar-refractivity contribution < 1.29 is 19.1 Å². The number of benzene rings is 1. The SMILES string of the molecule is Cc1nn(C)c(C)c1NC(=O)[C@@H](C)OC(=O)[C@H](C)NC(=O)c1ccc(Cl)cc1. The molecule has 0 aliphatic rings. The van der Waals surface area contributed by atoms with Crippen LogP contribution < -0.4 is 10.6 Å². The van der Waals surface area contributed by atoms with E-state index in [0.717, 1.165) is 5.69 Å². The summed E-state index contributed by atoms with van der Waals surface area (Å²) >= 11 is 5.79. The fourth-order valence-electron chi connectivity index (χ4n) is 2.45. The van der Waals surface area contributed by atoms with E-state index in [1.807, 2.05) is 6.92 Å². The lowest BCUT2D eigenvalue weighted by atomic mass is 10.2. The molecule has 2 atom stereocenters. The van der Waals surface area contributed by atoms with E-state index in [-0.39, 0.29) is 0 Å². The summed E-state index contributed by atoms with van der Waals surface area (Å²) in [6.07, 6.45) is -1.04. The van der Waals surface area contributed by atoms with Crippen molar-refractivity contribution in [3.8, 4) is 0 Å². The molecular weight excluding hydrogens is 384 g/mol. The van der Waals surface area contributed by atoms with Gasteiger partial charge in [-0.25, -0.2) is 4.79 Å². The Kier molecular flexibility index (Phi) is 6.80. The van der Waals surface area contributed by atoms with Crippen molar-refractivity contribution in [2.24, 2.45) is 7.05 Å². The molecule has 0 fully saturated rings. The van der Waals surface area contributed by atoms with Gasteiger partial charge < -0.3 is 15.4 Å². The summed E-state index contributed by atoms with van der Waals surface area (Å²) in [7, 11) is 1.77. The Hall–Kier alpha value is -2.87. The lowest BCUT2D eigenvalue weighted by Gasteiger charge is -2.17. The summed E-state index contributed by atoms with van der Waals surface area (Å²) in [4.78, 5) is 36.7. The van der Waals surface area contributed by atoms with E-state index < -0.39 is 29.9 Å². The topological polar surface area (TPSA) is 102 Å². The highest BCUT2D eigenvalue weighted by Gasteiger charge is 2.24. The minimum Gasteiger partial charge on any atom is -0.451 e. The van der Waals surface area contributed by atoms with Gasteiger partial charge in [0.05, 0.1) is 17.1 Å². The highest BCUT2D eigenvalue weighted by molar-refractivity contribution is 6.30. The first-order valence-corrected chi connectivity index (χ1v) is 9.06. The van der Waals surface area contributed by atoms with E-state index in [4.69, 9.17) is 16.3 Å². The van der Waals surface area contributed by atoms with Gasteiger partial charge in [-0.2, -0.15) is 5.10 Å². The van der Waals surface area contributed by atoms with Gasteiger partial charge in [0.2, 0.25) is 0 Å². The number of carbonyl (C=O) groups is 3. The van der Waals surface area contributed by atoms with Gasteiger partial charge in [0.25, 0.3) is 11.8 Å². The molecular formula is C19H23ClN4O4. The average Bonchev–Trinajstić information content (AvgIpc) is 2.88. The van der Waals surface area contributed by atoms with Crippen LogP contribution in [0.3, 0.4) is 0 Å². The summed E-state index contributed by atoms with van der Waals surface area (Å²) in [6, 6.07) is 5.32. The van der Waals surface area contributed by atoms with Crippen molar-refractivity contribution in [1.29, 1.82) is 0 Å². The second kappa shape index (κ2) is 8.88. The Bertz CT molecular complexity index is 892. The van der Waals surface area contributed by atoms with Gasteiger partial charge in [-0.3, -0.25) is 14.3 Å². The molecule has 28 heavy (non-hydrogen) atoms. The standard InChI is InChI=1S/C19H23ClN4O4/c1-10-16(12(3)24(5)23-10)22-17(25)13(4)28-19(27)11(2)21-18(26)14-6-8-15(20)9-7-14/h6-9,11,13H,1-5H3,(H,21,26)(H,22,25)/t11-,13+/m0/s1. The van der Waals surface area contributed by atoms with Crippen molar-refractivity contribution in [1.82, 2.24) is 15.1 Å². The molecule has 0 saturated heterocycles. The molecule has 0 aliphatic heterocycles. The second-order valence-electron chi connectivity index (χ2n) is 6.44. The molecule has 2 amide bonds. The molecule has 8 nitrogen and oxygen atoms in total. The van der Waals surface area contributed by atoms with E-state index in [2.05, 4.69) is 15.7 Å². The Morgan fingerprint density at radius 3 is 2.29 bits per heavy atom. The molecule has 2 N–H and O–H groups in total. The Labute approximate surface area is 168 Å². The van der Waals surface area contributed by atoms with Crippen LogP contribution in [0.25, 0.3) is 0 Å². The van der Waals surface area contributed by atoms with E-state index in [0.29, 0.717) is 22.0 Å². The zero-order valence-corrected chi connectivity index (χ0v) is 17.1. The minimum atomic E-state index is -1.04. The summed E-state index contributed by atoms with van der Waals surface area (Å²) in [5, 5.41) is 9.97. The second-order valence-corrected chi connectivity index (χ2v) is 6.88. The molecule has 0 saturated carbocycles. The third kappa shape index (κ3) is 5.10. The predicted octanol–water partition coefficient (Wildman–Crippen LogP) is 2.38. The van der Waals surface area contributed by atoms with Crippen LogP contribution in [0.2, 0.25) is 5.02 Å². The van der Waals surface area contributed by atoms with Gasteiger partial charge in [-0.1, -0.05) is 11.6 Å². The zero-order chi connectivity index (χ0) is 21.0. The van der Waals surface area contributed by atoms with Crippen LogP contribution in [0.1, 0.15) is 35.6 Å². The number of hydrogen-bond acceptors (Lipinski definition) is 5. The number of carbonyl (C=O) groups excluding carboxylic acids is 3. The summed E-state index contributed by atoms with van der Waals surface area (Å²) in [5.41, 5.74) is 2.39. The third-order valence-corrected chi connectivity index (χ3v) is 4.48. The number of rotatable bonds is 6. The number of anilines is 1. The largest absolute Gasteiger partial charge is 0.451 e.